The van der Waals surface area contributed by atoms with Crippen LogP contribution in [0.4, 0.5) is 5.82 Å². The lowest BCUT2D eigenvalue weighted by Crippen LogP contribution is -2.32. The van der Waals surface area contributed by atoms with E-state index in [4.69, 9.17) is 5.14 Å². The molecule has 0 aromatic carbocycles. The minimum Gasteiger partial charge on any atom is -0.295 e. The van der Waals surface area contributed by atoms with Gasteiger partial charge in [0.05, 0.1) is 0 Å². The van der Waals surface area contributed by atoms with Gasteiger partial charge in [-0.3, -0.25) is 9.69 Å². The molecule has 1 fully saturated rings. The summed E-state index contributed by atoms with van der Waals surface area (Å²) in [7, 11) is -3.68. The van der Waals surface area contributed by atoms with E-state index in [1.165, 1.54) is 4.90 Å². The van der Waals surface area contributed by atoms with Crippen LogP contribution in [0.25, 0.3) is 0 Å². The Morgan fingerprint density at radius 1 is 1.50 bits per heavy atom. The number of aromatic nitrogens is 1. The van der Waals surface area contributed by atoms with Crippen molar-refractivity contribution in [2.24, 2.45) is 5.14 Å². The van der Waals surface area contributed by atoms with Crippen LogP contribution in [-0.2, 0) is 21.2 Å². The SMILES string of the molecule is CCc1cccc(N2CC(S(N)(=O)=O)CC2=O)n1. The van der Waals surface area contributed by atoms with Crippen molar-refractivity contribution in [3.8, 4) is 0 Å². The molecule has 0 saturated carbocycles. The summed E-state index contributed by atoms with van der Waals surface area (Å²) in [6.07, 6.45) is 0.686. The molecule has 1 aliphatic heterocycles. The van der Waals surface area contributed by atoms with E-state index in [-0.39, 0.29) is 18.9 Å². The van der Waals surface area contributed by atoms with E-state index in [2.05, 4.69) is 4.98 Å². The lowest BCUT2D eigenvalue weighted by molar-refractivity contribution is -0.117. The van der Waals surface area contributed by atoms with Crippen LogP contribution in [0.5, 0.6) is 0 Å². The molecule has 0 radical (unpaired) electrons. The minimum atomic E-state index is -3.68. The predicted octanol–water partition coefficient (Wildman–Crippen LogP) is 0.0378. The Balaban J connectivity index is 2.27. The number of amides is 1. The quantitative estimate of drug-likeness (QED) is 0.838. The maximum atomic E-state index is 11.8. The van der Waals surface area contributed by atoms with Gasteiger partial charge in [-0.25, -0.2) is 18.5 Å². The first-order chi connectivity index (χ1) is 8.41. The van der Waals surface area contributed by atoms with Gasteiger partial charge in [-0.1, -0.05) is 13.0 Å². The monoisotopic (exact) mass is 269 g/mol. The van der Waals surface area contributed by atoms with E-state index >= 15 is 0 Å². The fourth-order valence-corrected chi connectivity index (χ4v) is 2.66. The van der Waals surface area contributed by atoms with E-state index in [1.807, 2.05) is 13.0 Å². The van der Waals surface area contributed by atoms with E-state index in [0.29, 0.717) is 5.82 Å². The number of aryl methyl sites for hydroxylation is 1. The number of hydrogen-bond donors (Lipinski definition) is 1. The van der Waals surface area contributed by atoms with Gasteiger partial charge in [0.2, 0.25) is 15.9 Å². The van der Waals surface area contributed by atoms with Crippen LogP contribution in [0.3, 0.4) is 0 Å². The molecule has 6 nitrogen and oxygen atoms in total. The van der Waals surface area contributed by atoms with Crippen LogP contribution in [0.1, 0.15) is 19.0 Å². The average Bonchev–Trinajstić information content (AvgIpc) is 2.71. The highest BCUT2D eigenvalue weighted by atomic mass is 32.2. The first-order valence-electron chi connectivity index (χ1n) is 5.69. The first kappa shape index (κ1) is 13.0. The van der Waals surface area contributed by atoms with Gasteiger partial charge in [-0.05, 0) is 18.6 Å². The van der Waals surface area contributed by atoms with Crippen molar-refractivity contribution >= 4 is 21.7 Å². The molecule has 0 aliphatic carbocycles. The molecule has 18 heavy (non-hydrogen) atoms. The molecular formula is C11H15N3O3S. The molecule has 2 rings (SSSR count). The summed E-state index contributed by atoms with van der Waals surface area (Å²) in [6, 6.07) is 5.36. The Morgan fingerprint density at radius 3 is 2.78 bits per heavy atom. The fourth-order valence-electron chi connectivity index (χ4n) is 1.93. The number of carbonyl (C=O) groups is 1. The van der Waals surface area contributed by atoms with Gasteiger partial charge >= 0.3 is 0 Å². The molecule has 98 valence electrons. The highest BCUT2D eigenvalue weighted by molar-refractivity contribution is 7.89. The number of nitrogens with zero attached hydrogens (tertiary/aromatic N) is 2. The first-order valence-corrected chi connectivity index (χ1v) is 7.30. The van der Waals surface area contributed by atoms with Crippen LogP contribution in [0.2, 0.25) is 0 Å². The van der Waals surface area contributed by atoms with Crippen LogP contribution < -0.4 is 10.0 Å². The Hall–Kier alpha value is -1.47. The number of pyridine rings is 1. The fraction of sp³-hybridized carbons (Fsp3) is 0.455. The zero-order valence-corrected chi connectivity index (χ0v) is 10.9. The van der Waals surface area contributed by atoms with E-state index in [0.717, 1.165) is 12.1 Å². The predicted molar refractivity (Wildman–Crippen MR) is 67.5 cm³/mol. The second-order valence-corrected chi connectivity index (χ2v) is 6.10. The molecule has 2 heterocycles. The van der Waals surface area contributed by atoms with Gasteiger partial charge in [0.25, 0.3) is 0 Å². The molecule has 7 heteroatoms. The molecule has 1 aromatic rings. The number of rotatable bonds is 3. The molecule has 2 N–H and O–H groups in total. The number of sulfonamides is 1. The van der Waals surface area contributed by atoms with Gasteiger partial charge in [0.15, 0.2) is 0 Å². The second-order valence-electron chi connectivity index (χ2n) is 4.26. The average molecular weight is 269 g/mol. The smallest absolute Gasteiger partial charge is 0.229 e. The van der Waals surface area contributed by atoms with Crippen LogP contribution in [0, 0.1) is 0 Å². The molecule has 1 atom stereocenters. The van der Waals surface area contributed by atoms with Crippen LogP contribution in [-0.4, -0.2) is 31.1 Å². The lowest BCUT2D eigenvalue weighted by Gasteiger charge is -2.15. The molecule has 1 aromatic heterocycles. The highest BCUT2D eigenvalue weighted by Gasteiger charge is 2.37. The number of nitrogens with two attached hydrogens (primary N) is 1. The molecule has 1 amide bonds. The standard InChI is InChI=1S/C11H15N3O3S/c1-2-8-4-3-5-10(13-8)14-7-9(6-11(14)15)18(12,16)17/h3-5,9H,2,6-7H2,1H3,(H2,12,16,17). The second kappa shape index (κ2) is 4.66. The Morgan fingerprint density at radius 2 is 2.22 bits per heavy atom. The number of carbonyl (C=O) groups excluding carboxylic acids is 1. The zero-order valence-electron chi connectivity index (χ0n) is 10.0. The van der Waals surface area contributed by atoms with Gasteiger partial charge in [-0.2, -0.15) is 0 Å². The summed E-state index contributed by atoms with van der Waals surface area (Å²) in [5, 5.41) is 4.24. The summed E-state index contributed by atoms with van der Waals surface area (Å²) < 4.78 is 22.5. The molecule has 1 unspecified atom stereocenters. The van der Waals surface area contributed by atoms with Crippen molar-refractivity contribution in [2.45, 2.75) is 25.0 Å². The zero-order chi connectivity index (χ0) is 13.3. The molecule has 1 aliphatic rings. The van der Waals surface area contributed by atoms with E-state index in [9.17, 15) is 13.2 Å². The van der Waals surface area contributed by atoms with Crippen molar-refractivity contribution in [3.05, 3.63) is 23.9 Å². The van der Waals surface area contributed by atoms with Crippen LogP contribution >= 0.6 is 0 Å². The van der Waals surface area contributed by atoms with E-state index in [1.54, 1.807) is 12.1 Å². The molecule has 0 spiro atoms. The topological polar surface area (TPSA) is 93.4 Å². The summed E-state index contributed by atoms with van der Waals surface area (Å²) >= 11 is 0. The van der Waals surface area contributed by atoms with Crippen molar-refractivity contribution in [1.29, 1.82) is 0 Å². The minimum absolute atomic E-state index is 0.0726. The van der Waals surface area contributed by atoms with Crippen LogP contribution in [0.15, 0.2) is 18.2 Å². The molecule has 1 saturated heterocycles. The molecular weight excluding hydrogens is 254 g/mol. The third-order valence-corrected chi connectivity index (χ3v) is 4.23. The van der Waals surface area contributed by atoms with Gasteiger partial charge in [0.1, 0.15) is 11.1 Å². The maximum absolute atomic E-state index is 11.8. The normalized spacial score (nSPS) is 20.4. The third kappa shape index (κ3) is 2.51. The highest BCUT2D eigenvalue weighted by Crippen LogP contribution is 2.22. The number of primary sulfonamides is 1. The number of hydrogen-bond acceptors (Lipinski definition) is 4. The van der Waals surface area contributed by atoms with Crippen molar-refractivity contribution < 1.29 is 13.2 Å². The van der Waals surface area contributed by atoms with Crippen molar-refractivity contribution in [1.82, 2.24) is 4.98 Å². The lowest BCUT2D eigenvalue weighted by atomic mass is 10.3. The van der Waals surface area contributed by atoms with E-state index < -0.39 is 15.3 Å². The van der Waals surface area contributed by atoms with Gasteiger partial charge in [-0.15, -0.1) is 0 Å². The largest absolute Gasteiger partial charge is 0.295 e. The summed E-state index contributed by atoms with van der Waals surface area (Å²) in [5.41, 5.74) is 0.861. The summed E-state index contributed by atoms with van der Waals surface area (Å²) in [5.74, 6) is 0.236. The summed E-state index contributed by atoms with van der Waals surface area (Å²) in [6.45, 7) is 2.04. The Bertz CT molecular complexity index is 571. The molecule has 0 bridgehead atoms. The Kier molecular flexibility index (Phi) is 3.36. The Labute approximate surface area is 106 Å². The van der Waals surface area contributed by atoms with Gasteiger partial charge < -0.3 is 0 Å². The maximum Gasteiger partial charge on any atom is 0.229 e. The van der Waals surface area contributed by atoms with Crippen molar-refractivity contribution in [2.75, 3.05) is 11.4 Å². The number of anilines is 1. The van der Waals surface area contributed by atoms with Crippen molar-refractivity contribution in [3.63, 3.8) is 0 Å². The summed E-state index contributed by atoms with van der Waals surface area (Å²) in [4.78, 5) is 17.5. The third-order valence-electron chi connectivity index (χ3n) is 2.99. The van der Waals surface area contributed by atoms with Gasteiger partial charge in [0, 0.05) is 18.7 Å².